The Bertz CT molecular complexity index is 268. The predicted octanol–water partition coefficient (Wildman–Crippen LogP) is 1.01. The Morgan fingerprint density at radius 1 is 1.75 bits per heavy atom. The minimum atomic E-state index is 0.0176. The van der Waals surface area contributed by atoms with Crippen LogP contribution < -0.4 is 5.32 Å². The summed E-state index contributed by atoms with van der Waals surface area (Å²) in [7, 11) is 0. The van der Waals surface area contributed by atoms with Gasteiger partial charge in [0.2, 0.25) is 5.91 Å². The first-order valence-corrected chi connectivity index (χ1v) is 3.90. The van der Waals surface area contributed by atoms with Gasteiger partial charge in [0.25, 0.3) is 0 Å². The molecule has 0 radical (unpaired) electrons. The summed E-state index contributed by atoms with van der Waals surface area (Å²) < 4.78 is 5.15. The summed E-state index contributed by atoms with van der Waals surface area (Å²) in [4.78, 5) is 14.7. The van der Waals surface area contributed by atoms with Crippen LogP contribution in [0.5, 0.6) is 0 Å². The van der Waals surface area contributed by atoms with Crippen LogP contribution in [0.3, 0.4) is 0 Å². The first kappa shape index (κ1) is 8.77. The molecule has 0 fully saturated rings. The molecule has 4 nitrogen and oxygen atoms in total. The van der Waals surface area contributed by atoms with Crippen LogP contribution in [0, 0.1) is 6.92 Å². The van der Waals surface area contributed by atoms with Crippen LogP contribution in [0.1, 0.15) is 25.0 Å². The largest absolute Gasteiger partial charge is 0.444 e. The average Bonchev–Trinajstić information content (AvgIpc) is 2.47. The van der Waals surface area contributed by atoms with E-state index in [1.54, 1.807) is 20.0 Å². The third kappa shape index (κ3) is 2.38. The fourth-order valence-corrected chi connectivity index (χ4v) is 0.798. The molecule has 66 valence electrons. The maximum Gasteiger partial charge on any atom is 0.220 e. The highest BCUT2D eigenvalue weighted by Gasteiger charge is 2.01. The molecule has 0 aliphatic heterocycles. The van der Waals surface area contributed by atoms with Crippen molar-refractivity contribution in [3.63, 3.8) is 0 Å². The summed E-state index contributed by atoms with van der Waals surface area (Å²) in [5.74, 6) is 1.33. The second-order valence-electron chi connectivity index (χ2n) is 2.48. The lowest BCUT2D eigenvalue weighted by molar-refractivity contribution is -0.121. The molecular weight excluding hydrogens is 156 g/mol. The van der Waals surface area contributed by atoms with Crippen LogP contribution >= 0.6 is 0 Å². The van der Waals surface area contributed by atoms with Crippen molar-refractivity contribution in [2.24, 2.45) is 0 Å². The van der Waals surface area contributed by atoms with Crippen molar-refractivity contribution in [3.8, 4) is 0 Å². The molecule has 0 bridgehead atoms. The fourth-order valence-electron chi connectivity index (χ4n) is 0.798. The van der Waals surface area contributed by atoms with Crippen molar-refractivity contribution in [1.82, 2.24) is 10.3 Å². The van der Waals surface area contributed by atoms with Gasteiger partial charge in [0.1, 0.15) is 5.76 Å². The van der Waals surface area contributed by atoms with Crippen LogP contribution in [-0.4, -0.2) is 10.9 Å². The summed E-state index contributed by atoms with van der Waals surface area (Å²) in [6.07, 6.45) is 2.11. The summed E-state index contributed by atoms with van der Waals surface area (Å²) in [5.41, 5.74) is 0. The number of aryl methyl sites for hydroxylation is 1. The highest BCUT2D eigenvalue weighted by molar-refractivity contribution is 5.75. The number of aromatic nitrogens is 1. The molecule has 0 aliphatic carbocycles. The Balaban J connectivity index is 2.38. The molecule has 1 N–H and O–H groups in total. The second-order valence-corrected chi connectivity index (χ2v) is 2.48. The Labute approximate surface area is 71.0 Å². The summed E-state index contributed by atoms with van der Waals surface area (Å²) >= 11 is 0. The molecule has 0 spiro atoms. The first-order chi connectivity index (χ1) is 5.72. The highest BCUT2D eigenvalue weighted by Crippen LogP contribution is 2.00. The standard InChI is InChI=1S/C8H12N2O2/c1-3-8(11)10-5-7-4-9-6(2)12-7/h4H,3,5H2,1-2H3,(H,10,11). The van der Waals surface area contributed by atoms with Gasteiger partial charge in [-0.1, -0.05) is 6.92 Å². The van der Waals surface area contributed by atoms with E-state index >= 15 is 0 Å². The molecule has 0 atom stereocenters. The van der Waals surface area contributed by atoms with E-state index in [0.29, 0.717) is 24.6 Å². The maximum absolute atomic E-state index is 10.8. The topological polar surface area (TPSA) is 55.1 Å². The second kappa shape index (κ2) is 3.90. The van der Waals surface area contributed by atoms with Gasteiger partial charge in [0.05, 0.1) is 12.7 Å². The number of hydrogen-bond donors (Lipinski definition) is 1. The summed E-state index contributed by atoms with van der Waals surface area (Å²) in [5, 5.41) is 2.69. The molecule has 0 saturated heterocycles. The Morgan fingerprint density at radius 2 is 2.50 bits per heavy atom. The minimum absolute atomic E-state index is 0.0176. The zero-order valence-electron chi connectivity index (χ0n) is 7.26. The van der Waals surface area contributed by atoms with Crippen LogP contribution in [0.2, 0.25) is 0 Å². The van der Waals surface area contributed by atoms with Crippen molar-refractivity contribution in [1.29, 1.82) is 0 Å². The van der Waals surface area contributed by atoms with E-state index in [4.69, 9.17) is 4.42 Å². The van der Waals surface area contributed by atoms with Gasteiger partial charge in [0.15, 0.2) is 5.89 Å². The average molecular weight is 168 g/mol. The normalized spacial score (nSPS) is 9.83. The van der Waals surface area contributed by atoms with Crippen LogP contribution in [0.15, 0.2) is 10.6 Å². The van der Waals surface area contributed by atoms with E-state index in [1.807, 2.05) is 0 Å². The zero-order valence-corrected chi connectivity index (χ0v) is 7.26. The van der Waals surface area contributed by atoms with Gasteiger partial charge in [-0.3, -0.25) is 4.79 Å². The summed E-state index contributed by atoms with van der Waals surface area (Å²) in [6, 6.07) is 0. The minimum Gasteiger partial charge on any atom is -0.444 e. The fraction of sp³-hybridized carbons (Fsp3) is 0.500. The summed E-state index contributed by atoms with van der Waals surface area (Å²) in [6.45, 7) is 4.00. The molecule has 1 amide bonds. The van der Waals surface area contributed by atoms with Crippen molar-refractivity contribution in [3.05, 3.63) is 17.8 Å². The maximum atomic E-state index is 10.8. The number of nitrogens with zero attached hydrogens (tertiary/aromatic N) is 1. The van der Waals surface area contributed by atoms with Crippen LogP contribution in [-0.2, 0) is 11.3 Å². The third-order valence-electron chi connectivity index (χ3n) is 1.45. The number of hydrogen-bond acceptors (Lipinski definition) is 3. The molecule has 1 heterocycles. The Morgan fingerprint density at radius 3 is 3.00 bits per heavy atom. The van der Waals surface area contributed by atoms with Crippen molar-refractivity contribution < 1.29 is 9.21 Å². The van der Waals surface area contributed by atoms with E-state index in [-0.39, 0.29) is 5.91 Å². The van der Waals surface area contributed by atoms with Gasteiger partial charge in [0, 0.05) is 13.3 Å². The Hall–Kier alpha value is -1.32. The number of carbonyl (C=O) groups excluding carboxylic acids is 1. The quantitative estimate of drug-likeness (QED) is 0.732. The number of carbonyl (C=O) groups is 1. The van der Waals surface area contributed by atoms with Gasteiger partial charge in [-0.25, -0.2) is 4.98 Å². The van der Waals surface area contributed by atoms with E-state index < -0.39 is 0 Å². The Kier molecular flexibility index (Phi) is 2.85. The molecule has 0 saturated carbocycles. The lowest BCUT2D eigenvalue weighted by atomic mass is 10.4. The molecule has 1 aromatic heterocycles. The number of amides is 1. The number of oxazole rings is 1. The lowest BCUT2D eigenvalue weighted by Crippen LogP contribution is -2.20. The van der Waals surface area contributed by atoms with E-state index in [0.717, 1.165) is 0 Å². The SMILES string of the molecule is CCC(=O)NCc1cnc(C)o1. The molecular formula is C8H12N2O2. The van der Waals surface area contributed by atoms with Gasteiger partial charge >= 0.3 is 0 Å². The van der Waals surface area contributed by atoms with E-state index in [9.17, 15) is 4.79 Å². The van der Waals surface area contributed by atoms with Gasteiger partial charge in [-0.15, -0.1) is 0 Å². The first-order valence-electron chi connectivity index (χ1n) is 3.90. The third-order valence-corrected chi connectivity index (χ3v) is 1.45. The molecule has 0 unspecified atom stereocenters. The molecule has 12 heavy (non-hydrogen) atoms. The van der Waals surface area contributed by atoms with E-state index in [1.165, 1.54) is 0 Å². The van der Waals surface area contributed by atoms with Crippen molar-refractivity contribution >= 4 is 5.91 Å². The monoisotopic (exact) mass is 168 g/mol. The lowest BCUT2D eigenvalue weighted by Gasteiger charge is -1.98. The molecule has 0 aromatic carbocycles. The zero-order chi connectivity index (χ0) is 8.97. The smallest absolute Gasteiger partial charge is 0.220 e. The van der Waals surface area contributed by atoms with Crippen molar-refractivity contribution in [2.75, 3.05) is 0 Å². The van der Waals surface area contributed by atoms with Gasteiger partial charge < -0.3 is 9.73 Å². The van der Waals surface area contributed by atoms with E-state index in [2.05, 4.69) is 10.3 Å². The number of rotatable bonds is 3. The molecule has 1 rings (SSSR count). The van der Waals surface area contributed by atoms with Crippen LogP contribution in [0.4, 0.5) is 0 Å². The van der Waals surface area contributed by atoms with Crippen molar-refractivity contribution in [2.45, 2.75) is 26.8 Å². The van der Waals surface area contributed by atoms with Gasteiger partial charge in [-0.05, 0) is 0 Å². The molecule has 1 aromatic rings. The molecule has 4 heteroatoms. The van der Waals surface area contributed by atoms with Gasteiger partial charge in [-0.2, -0.15) is 0 Å². The predicted molar refractivity (Wildman–Crippen MR) is 43.4 cm³/mol. The number of nitrogens with one attached hydrogen (secondary N) is 1. The molecule has 0 aliphatic rings. The highest BCUT2D eigenvalue weighted by atomic mass is 16.4. The van der Waals surface area contributed by atoms with Crippen LogP contribution in [0.25, 0.3) is 0 Å².